The van der Waals surface area contributed by atoms with Gasteiger partial charge in [-0.1, -0.05) is 4.32 Å². The SMILES string of the molecule is CC[NH+](CC)CC.Cc1ccnc(NC(=S)[S-])c1. The van der Waals surface area contributed by atoms with E-state index in [0.717, 1.165) is 5.56 Å². The van der Waals surface area contributed by atoms with Crippen LogP contribution in [0.25, 0.3) is 0 Å². The Balaban J connectivity index is 0.000000360. The summed E-state index contributed by atoms with van der Waals surface area (Å²) in [7, 11) is 0. The molecule has 0 atom stereocenters. The number of nitrogens with zero attached hydrogens (tertiary/aromatic N) is 1. The molecule has 3 nitrogen and oxygen atoms in total. The fraction of sp³-hybridized carbons (Fsp3) is 0.538. The minimum absolute atomic E-state index is 0.322. The van der Waals surface area contributed by atoms with E-state index in [0.29, 0.717) is 10.1 Å². The highest BCUT2D eigenvalue weighted by molar-refractivity contribution is 8.00. The molecule has 0 aromatic carbocycles. The largest absolute Gasteiger partial charge is 0.411 e. The van der Waals surface area contributed by atoms with Gasteiger partial charge in [0.05, 0.1) is 19.6 Å². The van der Waals surface area contributed by atoms with Crippen LogP contribution in [0.3, 0.4) is 0 Å². The van der Waals surface area contributed by atoms with Gasteiger partial charge in [0.2, 0.25) is 0 Å². The van der Waals surface area contributed by atoms with Gasteiger partial charge in [0.15, 0.2) is 0 Å². The van der Waals surface area contributed by atoms with E-state index >= 15 is 0 Å². The highest BCUT2D eigenvalue weighted by atomic mass is 32.1. The van der Waals surface area contributed by atoms with Crippen molar-refractivity contribution in [3.8, 4) is 0 Å². The second-order valence-corrected chi connectivity index (χ2v) is 5.02. The van der Waals surface area contributed by atoms with Gasteiger partial charge in [-0.15, -0.1) is 0 Å². The monoisotopic (exact) mass is 285 g/mol. The number of thiocarbonyl (C=S) groups is 1. The molecule has 0 bridgehead atoms. The van der Waals surface area contributed by atoms with Gasteiger partial charge >= 0.3 is 0 Å². The quantitative estimate of drug-likeness (QED) is 0.649. The van der Waals surface area contributed by atoms with E-state index in [1.807, 2.05) is 19.1 Å². The number of nitrogens with one attached hydrogen (secondary N) is 2. The first kappa shape index (κ1) is 17.2. The second kappa shape index (κ2) is 10.2. The van der Waals surface area contributed by atoms with Crippen molar-refractivity contribution in [3.05, 3.63) is 23.9 Å². The van der Waals surface area contributed by atoms with Gasteiger partial charge in [-0.2, -0.15) is 0 Å². The summed E-state index contributed by atoms with van der Waals surface area (Å²) in [6, 6.07) is 3.80. The molecule has 0 aliphatic rings. The number of quaternary nitrogens is 1. The molecule has 0 fully saturated rings. The predicted octanol–water partition coefficient (Wildman–Crippen LogP) is 1.56. The van der Waals surface area contributed by atoms with Gasteiger partial charge in [-0.05, 0) is 45.4 Å². The molecule has 0 amide bonds. The molecule has 0 spiro atoms. The summed E-state index contributed by atoms with van der Waals surface area (Å²) in [6.45, 7) is 12.5. The molecule has 2 N–H and O–H groups in total. The minimum atomic E-state index is 0.322. The molecule has 0 aliphatic carbocycles. The van der Waals surface area contributed by atoms with E-state index < -0.39 is 0 Å². The van der Waals surface area contributed by atoms with Gasteiger partial charge in [-0.25, -0.2) is 4.98 Å². The van der Waals surface area contributed by atoms with Gasteiger partial charge in [0.25, 0.3) is 0 Å². The zero-order valence-corrected chi connectivity index (χ0v) is 13.3. The Bertz CT molecular complexity index is 346. The van der Waals surface area contributed by atoms with Crippen LogP contribution in [0.2, 0.25) is 0 Å². The first-order chi connectivity index (χ1) is 8.53. The van der Waals surface area contributed by atoms with Crippen LogP contribution in [0.1, 0.15) is 26.3 Å². The highest BCUT2D eigenvalue weighted by Crippen LogP contribution is 2.04. The molecule has 18 heavy (non-hydrogen) atoms. The Morgan fingerprint density at radius 2 is 1.89 bits per heavy atom. The van der Waals surface area contributed by atoms with Gasteiger partial charge in [0, 0.05) is 6.20 Å². The van der Waals surface area contributed by atoms with Crippen molar-refractivity contribution in [2.75, 3.05) is 25.0 Å². The van der Waals surface area contributed by atoms with E-state index in [9.17, 15) is 0 Å². The Hall–Kier alpha value is -0.780. The number of anilines is 1. The van der Waals surface area contributed by atoms with Crippen molar-refractivity contribution in [1.29, 1.82) is 0 Å². The summed E-state index contributed by atoms with van der Waals surface area (Å²) >= 11 is 9.37. The number of aryl methyl sites for hydroxylation is 1. The lowest BCUT2D eigenvalue weighted by atomic mass is 10.3. The molecular weight excluding hydrogens is 262 g/mol. The first-order valence-corrected chi connectivity index (χ1v) is 7.09. The van der Waals surface area contributed by atoms with Crippen LogP contribution in [0.4, 0.5) is 5.82 Å². The van der Waals surface area contributed by atoms with Gasteiger partial charge < -0.3 is 35.1 Å². The summed E-state index contributed by atoms with van der Waals surface area (Å²) in [5.74, 6) is 0.713. The Morgan fingerprint density at radius 1 is 1.33 bits per heavy atom. The third-order valence-electron chi connectivity index (χ3n) is 2.65. The topological polar surface area (TPSA) is 29.4 Å². The number of rotatable bonds is 4. The maximum absolute atomic E-state index is 4.68. The van der Waals surface area contributed by atoms with Gasteiger partial charge in [-0.3, -0.25) is 0 Å². The van der Waals surface area contributed by atoms with Crippen molar-refractivity contribution in [2.45, 2.75) is 27.7 Å². The number of aromatic nitrogens is 1. The maximum atomic E-state index is 4.68. The normalized spacial score (nSPS) is 9.61. The zero-order chi connectivity index (χ0) is 14.0. The summed E-state index contributed by atoms with van der Waals surface area (Å²) in [5.41, 5.74) is 1.13. The third kappa shape index (κ3) is 8.33. The van der Waals surface area contributed by atoms with Crippen LogP contribution in [-0.2, 0) is 12.6 Å². The molecular formula is C13H23N3S2. The molecule has 5 heteroatoms. The molecule has 0 saturated heterocycles. The summed E-state index contributed by atoms with van der Waals surface area (Å²) in [4.78, 5) is 5.70. The maximum Gasteiger partial charge on any atom is 0.129 e. The van der Waals surface area contributed by atoms with Crippen LogP contribution in [0.5, 0.6) is 0 Å². The van der Waals surface area contributed by atoms with Crippen LogP contribution in [-0.4, -0.2) is 28.9 Å². The molecule has 1 aromatic rings. The van der Waals surface area contributed by atoms with Crippen molar-refractivity contribution < 1.29 is 4.90 Å². The number of hydrogen-bond donors (Lipinski definition) is 2. The van der Waals surface area contributed by atoms with Crippen LogP contribution < -0.4 is 10.2 Å². The fourth-order valence-corrected chi connectivity index (χ4v) is 1.67. The van der Waals surface area contributed by atoms with Crippen molar-refractivity contribution in [3.63, 3.8) is 0 Å². The summed E-state index contributed by atoms with van der Waals surface area (Å²) < 4.78 is 0.322. The third-order valence-corrected chi connectivity index (χ3v) is 2.85. The fourth-order valence-electron chi connectivity index (χ4n) is 1.46. The van der Waals surface area contributed by atoms with Gasteiger partial charge in [0.1, 0.15) is 5.82 Å². The molecule has 0 radical (unpaired) electrons. The van der Waals surface area contributed by atoms with E-state index in [1.165, 1.54) is 19.6 Å². The second-order valence-electron chi connectivity index (χ2n) is 3.94. The van der Waals surface area contributed by atoms with Crippen LogP contribution >= 0.6 is 12.2 Å². The molecule has 1 aromatic heterocycles. The molecule has 0 aliphatic heterocycles. The molecule has 0 saturated carbocycles. The van der Waals surface area contributed by atoms with E-state index in [4.69, 9.17) is 0 Å². The standard InChI is InChI=1S/C7H8N2S2.C6H15N/c1-5-2-3-8-6(4-5)9-7(10)11;1-4-7(5-2)6-3/h2-4H,1H3,(H2,8,9,10,11);4-6H2,1-3H3. The van der Waals surface area contributed by atoms with E-state index in [1.54, 1.807) is 11.1 Å². The van der Waals surface area contributed by atoms with Crippen molar-refractivity contribution in [2.24, 2.45) is 0 Å². The molecule has 102 valence electrons. The Kier molecular flexibility index (Phi) is 9.73. The number of pyridine rings is 1. The zero-order valence-electron chi connectivity index (χ0n) is 11.6. The minimum Gasteiger partial charge on any atom is -0.411 e. The van der Waals surface area contributed by atoms with Crippen LogP contribution in [0.15, 0.2) is 18.3 Å². The summed E-state index contributed by atoms with van der Waals surface area (Å²) in [5, 5.41) is 2.78. The number of hydrogen-bond acceptors (Lipinski definition) is 3. The van der Waals surface area contributed by atoms with Crippen LogP contribution in [0, 0.1) is 6.92 Å². The first-order valence-electron chi connectivity index (χ1n) is 6.27. The lowest BCUT2D eigenvalue weighted by molar-refractivity contribution is -0.894. The smallest absolute Gasteiger partial charge is 0.129 e. The van der Waals surface area contributed by atoms with E-state index in [-0.39, 0.29) is 0 Å². The average molecular weight is 285 g/mol. The Morgan fingerprint density at radius 3 is 2.22 bits per heavy atom. The van der Waals surface area contributed by atoms with Crippen molar-refractivity contribution in [1.82, 2.24) is 4.98 Å². The highest BCUT2D eigenvalue weighted by Gasteiger charge is 1.93. The molecule has 1 rings (SSSR count). The lowest BCUT2D eigenvalue weighted by Gasteiger charge is -2.10. The Labute approximate surface area is 121 Å². The van der Waals surface area contributed by atoms with E-state index in [2.05, 4.69) is 55.9 Å². The molecule has 0 unspecified atom stereocenters. The predicted molar refractivity (Wildman–Crippen MR) is 85.1 cm³/mol. The summed E-state index contributed by atoms with van der Waals surface area (Å²) in [6.07, 6.45) is 1.71. The molecule has 1 heterocycles. The van der Waals surface area contributed by atoms with Crippen molar-refractivity contribution >= 4 is 35.0 Å². The lowest BCUT2D eigenvalue weighted by Crippen LogP contribution is -3.11. The average Bonchev–Trinajstić information content (AvgIpc) is 2.31.